The monoisotopic (exact) mass is 412 g/mol. The SMILES string of the molecule is C[C@H]1C(=O)N(C)Cc2c(-c3cccc4cc(-c5cnn(C)c5)ncc34)nc(C3CC3)n21. The smallest absolute Gasteiger partial charge is 0.245 e. The topological polar surface area (TPSA) is 68.8 Å². The van der Waals surface area contributed by atoms with Crippen LogP contribution in [0.4, 0.5) is 0 Å². The maximum Gasteiger partial charge on any atom is 0.245 e. The molecular formula is C24H24N6O. The number of hydrogen-bond donors (Lipinski definition) is 0. The summed E-state index contributed by atoms with van der Waals surface area (Å²) >= 11 is 0. The molecule has 1 aliphatic carbocycles. The first-order valence-electron chi connectivity index (χ1n) is 10.8. The van der Waals surface area contributed by atoms with Crippen LogP contribution in [0.2, 0.25) is 0 Å². The first-order chi connectivity index (χ1) is 15.0. The van der Waals surface area contributed by atoms with Crippen LogP contribution in [0.5, 0.6) is 0 Å². The van der Waals surface area contributed by atoms with Gasteiger partial charge in [0.2, 0.25) is 5.91 Å². The third-order valence-corrected chi connectivity index (χ3v) is 6.51. The average molecular weight is 412 g/mol. The summed E-state index contributed by atoms with van der Waals surface area (Å²) in [5.41, 5.74) is 5.09. The maximum atomic E-state index is 12.7. The van der Waals surface area contributed by atoms with Gasteiger partial charge in [-0.05, 0) is 31.2 Å². The molecular weight excluding hydrogens is 388 g/mol. The van der Waals surface area contributed by atoms with Crippen LogP contribution in [0.1, 0.15) is 43.2 Å². The molecule has 1 aliphatic heterocycles. The van der Waals surface area contributed by atoms with Gasteiger partial charge < -0.3 is 9.47 Å². The van der Waals surface area contributed by atoms with Crippen LogP contribution in [0, 0.1) is 0 Å². The summed E-state index contributed by atoms with van der Waals surface area (Å²) in [5, 5.41) is 6.46. The van der Waals surface area contributed by atoms with Gasteiger partial charge in [-0.3, -0.25) is 14.5 Å². The number of aromatic nitrogens is 5. The molecule has 156 valence electrons. The third-order valence-electron chi connectivity index (χ3n) is 6.51. The molecule has 2 aliphatic rings. The highest BCUT2D eigenvalue weighted by atomic mass is 16.2. The number of amides is 1. The van der Waals surface area contributed by atoms with Crippen LogP contribution in [0.25, 0.3) is 33.3 Å². The Morgan fingerprint density at radius 2 is 1.97 bits per heavy atom. The Morgan fingerprint density at radius 3 is 2.71 bits per heavy atom. The van der Waals surface area contributed by atoms with E-state index in [2.05, 4.69) is 33.9 Å². The van der Waals surface area contributed by atoms with E-state index in [0.717, 1.165) is 57.6 Å². The summed E-state index contributed by atoms with van der Waals surface area (Å²) in [4.78, 5) is 24.3. The average Bonchev–Trinajstić information content (AvgIpc) is 3.42. The molecule has 1 aromatic carbocycles. The molecule has 3 aromatic heterocycles. The van der Waals surface area contributed by atoms with E-state index >= 15 is 0 Å². The highest BCUT2D eigenvalue weighted by Gasteiger charge is 2.38. The van der Waals surface area contributed by atoms with Gasteiger partial charge in [0.25, 0.3) is 0 Å². The van der Waals surface area contributed by atoms with Crippen molar-refractivity contribution in [2.45, 2.75) is 38.3 Å². The lowest BCUT2D eigenvalue weighted by molar-refractivity contribution is -0.135. The molecule has 0 spiro atoms. The Kier molecular flexibility index (Phi) is 3.84. The first kappa shape index (κ1) is 18.3. The molecule has 1 saturated carbocycles. The van der Waals surface area contributed by atoms with E-state index in [-0.39, 0.29) is 11.9 Å². The van der Waals surface area contributed by atoms with Crippen molar-refractivity contribution >= 4 is 16.7 Å². The number of imidazole rings is 1. The van der Waals surface area contributed by atoms with Crippen LogP contribution < -0.4 is 0 Å². The second-order valence-corrected chi connectivity index (χ2v) is 8.78. The van der Waals surface area contributed by atoms with Gasteiger partial charge in [0.05, 0.1) is 29.8 Å². The van der Waals surface area contributed by atoms with E-state index in [4.69, 9.17) is 9.97 Å². The molecule has 0 N–H and O–H groups in total. The van der Waals surface area contributed by atoms with Gasteiger partial charge in [0.15, 0.2) is 0 Å². The number of fused-ring (bicyclic) bond motifs is 2. The van der Waals surface area contributed by atoms with Gasteiger partial charge in [-0.2, -0.15) is 5.10 Å². The van der Waals surface area contributed by atoms with E-state index < -0.39 is 0 Å². The van der Waals surface area contributed by atoms with Crippen molar-refractivity contribution in [1.82, 2.24) is 29.2 Å². The Morgan fingerprint density at radius 1 is 1.13 bits per heavy atom. The second-order valence-electron chi connectivity index (χ2n) is 8.78. The standard InChI is InChI=1S/C24H24N6O/c1-14-24(31)28(2)13-21-22(27-23(30(14)21)15-7-8-15)18-6-4-5-16-9-20(25-11-19(16)18)17-10-26-29(3)12-17/h4-6,9-12,14-15H,7-8,13H2,1-3H3/t14-/m0/s1. The number of rotatable bonds is 3. The normalized spacial score (nSPS) is 18.6. The number of hydrogen-bond acceptors (Lipinski definition) is 4. The van der Waals surface area contributed by atoms with Gasteiger partial charge in [0.1, 0.15) is 11.9 Å². The fourth-order valence-electron chi connectivity index (χ4n) is 4.74. The van der Waals surface area contributed by atoms with Gasteiger partial charge in [0, 0.05) is 48.9 Å². The second kappa shape index (κ2) is 6.51. The van der Waals surface area contributed by atoms with Gasteiger partial charge in [-0.25, -0.2) is 4.98 Å². The maximum absolute atomic E-state index is 12.7. The lowest BCUT2D eigenvalue weighted by atomic mass is 10.0. The van der Waals surface area contributed by atoms with Crippen LogP contribution in [0.15, 0.2) is 42.9 Å². The predicted octanol–water partition coefficient (Wildman–Crippen LogP) is 3.91. The van der Waals surface area contributed by atoms with E-state index in [0.29, 0.717) is 12.5 Å². The molecule has 6 rings (SSSR count). The Labute approximate surface area is 180 Å². The minimum atomic E-state index is -0.212. The van der Waals surface area contributed by atoms with E-state index in [1.54, 1.807) is 4.68 Å². The number of benzene rings is 1. The first-order valence-corrected chi connectivity index (χ1v) is 10.8. The van der Waals surface area contributed by atoms with Crippen molar-refractivity contribution in [3.8, 4) is 22.5 Å². The fraction of sp³-hybridized carbons (Fsp3) is 0.333. The molecule has 4 aromatic rings. The van der Waals surface area contributed by atoms with Crippen LogP contribution in [0.3, 0.4) is 0 Å². The number of carbonyl (C=O) groups excluding carboxylic acids is 1. The number of aryl methyl sites for hydroxylation is 1. The van der Waals surface area contributed by atoms with Gasteiger partial charge >= 0.3 is 0 Å². The zero-order valence-corrected chi connectivity index (χ0v) is 17.9. The van der Waals surface area contributed by atoms with Gasteiger partial charge in [-0.15, -0.1) is 0 Å². The summed E-state index contributed by atoms with van der Waals surface area (Å²) in [7, 11) is 3.78. The molecule has 31 heavy (non-hydrogen) atoms. The van der Waals surface area contributed by atoms with Crippen LogP contribution in [-0.4, -0.2) is 42.2 Å². The molecule has 0 saturated heterocycles. The summed E-state index contributed by atoms with van der Waals surface area (Å²) < 4.78 is 3.99. The largest absolute Gasteiger partial charge is 0.338 e. The van der Waals surface area contributed by atoms with Crippen molar-refractivity contribution < 1.29 is 4.79 Å². The molecule has 0 bridgehead atoms. The molecule has 1 atom stereocenters. The molecule has 4 heterocycles. The number of carbonyl (C=O) groups is 1. The molecule has 7 heteroatoms. The van der Waals surface area contributed by atoms with Crippen molar-refractivity contribution in [2.75, 3.05) is 7.05 Å². The molecule has 7 nitrogen and oxygen atoms in total. The van der Waals surface area contributed by atoms with Crippen LogP contribution in [-0.2, 0) is 18.4 Å². The fourth-order valence-corrected chi connectivity index (χ4v) is 4.74. The Hall–Kier alpha value is -3.48. The summed E-state index contributed by atoms with van der Waals surface area (Å²) in [6.45, 7) is 2.57. The van der Waals surface area contributed by atoms with Gasteiger partial charge in [-0.1, -0.05) is 18.2 Å². The number of nitrogens with zero attached hydrogens (tertiary/aromatic N) is 6. The quantitative estimate of drug-likeness (QED) is 0.512. The molecule has 1 amide bonds. The van der Waals surface area contributed by atoms with Crippen molar-refractivity contribution in [3.63, 3.8) is 0 Å². The Bertz CT molecular complexity index is 1350. The van der Waals surface area contributed by atoms with Crippen LogP contribution >= 0.6 is 0 Å². The molecule has 0 radical (unpaired) electrons. The summed E-state index contributed by atoms with van der Waals surface area (Å²) in [5.74, 6) is 1.69. The third kappa shape index (κ3) is 2.80. The number of pyridine rings is 1. The lowest BCUT2D eigenvalue weighted by Gasteiger charge is -2.31. The highest BCUT2D eigenvalue weighted by Crippen LogP contribution is 2.45. The zero-order chi connectivity index (χ0) is 21.3. The van der Waals surface area contributed by atoms with E-state index in [1.807, 2.05) is 44.5 Å². The van der Waals surface area contributed by atoms with Crippen molar-refractivity contribution in [1.29, 1.82) is 0 Å². The minimum Gasteiger partial charge on any atom is -0.338 e. The van der Waals surface area contributed by atoms with E-state index in [9.17, 15) is 4.79 Å². The Balaban J connectivity index is 1.53. The summed E-state index contributed by atoms with van der Waals surface area (Å²) in [6, 6.07) is 8.21. The summed E-state index contributed by atoms with van der Waals surface area (Å²) in [6.07, 6.45) is 8.05. The van der Waals surface area contributed by atoms with Crippen molar-refractivity contribution in [2.24, 2.45) is 7.05 Å². The van der Waals surface area contributed by atoms with Crippen molar-refractivity contribution in [3.05, 3.63) is 54.4 Å². The predicted molar refractivity (Wildman–Crippen MR) is 118 cm³/mol. The van der Waals surface area contributed by atoms with E-state index in [1.165, 1.54) is 0 Å². The minimum absolute atomic E-state index is 0.152. The molecule has 1 fully saturated rings. The highest BCUT2D eigenvalue weighted by molar-refractivity contribution is 5.97. The molecule has 0 unspecified atom stereocenters. The zero-order valence-electron chi connectivity index (χ0n) is 17.9. The lowest BCUT2D eigenvalue weighted by Crippen LogP contribution is -2.39. The number of likely N-dealkylation sites (N-methyl/N-ethyl adjacent to an activating group) is 1.